The van der Waals surface area contributed by atoms with E-state index in [1.165, 1.54) is 0 Å². The summed E-state index contributed by atoms with van der Waals surface area (Å²) in [6.07, 6.45) is 0.414. The van der Waals surface area contributed by atoms with Crippen LogP contribution in [0.4, 0.5) is 0 Å². The Balaban J connectivity index is 1.66. The zero-order chi connectivity index (χ0) is 19.4. The zero-order valence-electron chi connectivity index (χ0n) is 16.0. The van der Waals surface area contributed by atoms with Gasteiger partial charge in [-0.15, -0.1) is 0 Å². The molecule has 1 unspecified atom stereocenters. The molecule has 3 aliphatic heterocycles. The van der Waals surface area contributed by atoms with Crippen LogP contribution in [-0.2, 0) is 11.2 Å². The number of rotatable bonds is 3. The maximum Gasteiger partial charge on any atom is 0.339 e. The molecule has 2 atom stereocenters. The standard InChI is InChI=1S/C21H21NO6/c1-22-7-6-11-8-15-19(27-10-26-15)20(25-3)16(11)17(22)18-13-5-4-12(24-2)9-14(13)21(23)28-18/h4-5,8-9,17-18H,6-7,10H2,1-3H3/t17-,18?/m1/s1. The highest BCUT2D eigenvalue weighted by molar-refractivity contribution is 5.94. The second-order valence-electron chi connectivity index (χ2n) is 7.17. The smallest absolute Gasteiger partial charge is 0.339 e. The lowest BCUT2D eigenvalue weighted by Gasteiger charge is -2.38. The maximum absolute atomic E-state index is 12.6. The third kappa shape index (κ3) is 2.36. The van der Waals surface area contributed by atoms with Crippen LogP contribution in [0.3, 0.4) is 0 Å². The zero-order valence-corrected chi connectivity index (χ0v) is 16.0. The number of hydrogen-bond donors (Lipinski definition) is 0. The van der Waals surface area contributed by atoms with Crippen molar-refractivity contribution >= 4 is 5.97 Å². The first-order chi connectivity index (χ1) is 13.6. The molecule has 0 spiro atoms. The molecule has 0 N–H and O–H groups in total. The average Bonchev–Trinajstić information content (AvgIpc) is 3.30. The van der Waals surface area contributed by atoms with Crippen molar-refractivity contribution in [3.8, 4) is 23.0 Å². The summed E-state index contributed by atoms with van der Waals surface area (Å²) in [4.78, 5) is 14.8. The van der Waals surface area contributed by atoms with E-state index >= 15 is 0 Å². The predicted octanol–water partition coefficient (Wildman–Crippen LogP) is 2.87. The molecule has 28 heavy (non-hydrogen) atoms. The van der Waals surface area contributed by atoms with E-state index in [1.807, 2.05) is 25.2 Å². The highest BCUT2D eigenvalue weighted by atomic mass is 16.7. The van der Waals surface area contributed by atoms with Crippen LogP contribution in [0, 0.1) is 0 Å². The average molecular weight is 383 g/mol. The highest BCUT2D eigenvalue weighted by Crippen LogP contribution is 2.54. The summed E-state index contributed by atoms with van der Waals surface area (Å²) in [5, 5.41) is 0. The number of carbonyl (C=O) groups is 1. The summed E-state index contributed by atoms with van der Waals surface area (Å²) in [7, 11) is 5.24. The number of hydrogen-bond acceptors (Lipinski definition) is 7. The van der Waals surface area contributed by atoms with E-state index in [1.54, 1.807) is 20.3 Å². The monoisotopic (exact) mass is 383 g/mol. The Kier molecular flexibility index (Phi) is 3.87. The molecule has 2 aromatic rings. The number of esters is 1. The van der Waals surface area contributed by atoms with Gasteiger partial charge in [-0.3, -0.25) is 4.90 Å². The van der Waals surface area contributed by atoms with Crippen LogP contribution in [0.5, 0.6) is 23.0 Å². The first kappa shape index (κ1) is 17.2. The lowest BCUT2D eigenvalue weighted by Crippen LogP contribution is -2.36. The Morgan fingerprint density at radius 3 is 2.79 bits per heavy atom. The van der Waals surface area contributed by atoms with E-state index in [4.69, 9.17) is 23.7 Å². The number of fused-ring (bicyclic) bond motifs is 3. The lowest BCUT2D eigenvalue weighted by atomic mass is 9.85. The molecular formula is C21H21NO6. The van der Waals surface area contributed by atoms with E-state index in [0.29, 0.717) is 28.6 Å². The van der Waals surface area contributed by atoms with Crippen LogP contribution >= 0.6 is 0 Å². The Labute approximate surface area is 162 Å². The van der Waals surface area contributed by atoms with Crippen LogP contribution in [0.2, 0.25) is 0 Å². The first-order valence-electron chi connectivity index (χ1n) is 9.21. The summed E-state index contributed by atoms with van der Waals surface area (Å²) in [5.41, 5.74) is 3.52. The van der Waals surface area contributed by atoms with Crippen molar-refractivity contribution in [2.24, 2.45) is 0 Å². The van der Waals surface area contributed by atoms with Crippen molar-refractivity contribution in [3.05, 3.63) is 46.5 Å². The number of cyclic esters (lactones) is 1. The molecule has 0 aromatic heterocycles. The van der Waals surface area contributed by atoms with E-state index in [9.17, 15) is 4.79 Å². The largest absolute Gasteiger partial charge is 0.497 e. The van der Waals surface area contributed by atoms with Gasteiger partial charge in [-0.1, -0.05) is 6.07 Å². The van der Waals surface area contributed by atoms with Gasteiger partial charge < -0.3 is 23.7 Å². The van der Waals surface area contributed by atoms with Crippen LogP contribution in [0.15, 0.2) is 24.3 Å². The van der Waals surface area contributed by atoms with E-state index < -0.39 is 6.10 Å². The maximum atomic E-state index is 12.6. The number of ether oxygens (including phenoxy) is 5. The van der Waals surface area contributed by atoms with Crippen LogP contribution < -0.4 is 18.9 Å². The summed E-state index contributed by atoms with van der Waals surface area (Å²) < 4.78 is 28.1. The summed E-state index contributed by atoms with van der Waals surface area (Å²) in [5.74, 6) is 2.27. The van der Waals surface area contributed by atoms with Crippen LogP contribution in [-0.4, -0.2) is 45.5 Å². The highest BCUT2D eigenvalue weighted by Gasteiger charge is 2.44. The molecule has 0 radical (unpaired) electrons. The van der Waals surface area contributed by atoms with E-state index in [-0.39, 0.29) is 18.8 Å². The van der Waals surface area contributed by atoms with Gasteiger partial charge in [0, 0.05) is 17.7 Å². The molecule has 7 nitrogen and oxygen atoms in total. The van der Waals surface area contributed by atoms with Crippen LogP contribution in [0.25, 0.3) is 0 Å². The van der Waals surface area contributed by atoms with Gasteiger partial charge in [0.2, 0.25) is 12.5 Å². The predicted molar refractivity (Wildman–Crippen MR) is 99.3 cm³/mol. The van der Waals surface area contributed by atoms with Gasteiger partial charge in [0.05, 0.1) is 25.8 Å². The molecule has 146 valence electrons. The second-order valence-corrected chi connectivity index (χ2v) is 7.17. The molecule has 2 aromatic carbocycles. The minimum atomic E-state index is -0.438. The van der Waals surface area contributed by atoms with Crippen molar-refractivity contribution in [2.45, 2.75) is 18.6 Å². The SMILES string of the molecule is COc1ccc2c(c1)C(=O)OC2[C@H]1c2c(cc3c(c2OC)OCO3)CCN1C. The second kappa shape index (κ2) is 6.31. The molecule has 3 heterocycles. The van der Waals surface area contributed by atoms with Gasteiger partial charge in [0.25, 0.3) is 0 Å². The molecule has 0 saturated carbocycles. The number of likely N-dealkylation sites (N-methyl/N-ethyl adjacent to an activating group) is 1. The van der Waals surface area contributed by atoms with Crippen molar-refractivity contribution in [1.82, 2.24) is 4.90 Å². The number of nitrogens with zero attached hydrogens (tertiary/aromatic N) is 1. The molecule has 5 rings (SSSR count). The third-order valence-corrected chi connectivity index (χ3v) is 5.76. The molecular weight excluding hydrogens is 362 g/mol. The van der Waals surface area contributed by atoms with Gasteiger partial charge in [-0.25, -0.2) is 4.79 Å². The fraction of sp³-hybridized carbons (Fsp3) is 0.381. The number of methoxy groups -OCH3 is 2. The minimum Gasteiger partial charge on any atom is -0.497 e. The van der Waals surface area contributed by atoms with Crippen LogP contribution in [0.1, 0.15) is 39.2 Å². The van der Waals surface area contributed by atoms with Gasteiger partial charge in [0.15, 0.2) is 11.5 Å². The van der Waals surface area contributed by atoms with Crippen molar-refractivity contribution in [1.29, 1.82) is 0 Å². The lowest BCUT2D eigenvalue weighted by molar-refractivity contribution is 0.00881. The van der Waals surface area contributed by atoms with Gasteiger partial charge in [-0.2, -0.15) is 0 Å². The molecule has 0 fully saturated rings. The summed E-state index contributed by atoms with van der Waals surface area (Å²) in [6, 6.07) is 7.33. The normalized spacial score (nSPS) is 22.5. The Morgan fingerprint density at radius 1 is 1.14 bits per heavy atom. The molecule has 3 aliphatic rings. The fourth-order valence-corrected chi connectivity index (χ4v) is 4.41. The topological polar surface area (TPSA) is 66.5 Å². The van der Waals surface area contributed by atoms with E-state index in [0.717, 1.165) is 29.7 Å². The molecule has 0 bridgehead atoms. The van der Waals surface area contributed by atoms with Gasteiger partial charge in [0.1, 0.15) is 11.9 Å². The third-order valence-electron chi connectivity index (χ3n) is 5.76. The number of benzene rings is 2. The molecule has 0 amide bonds. The summed E-state index contributed by atoms with van der Waals surface area (Å²) >= 11 is 0. The van der Waals surface area contributed by atoms with Crippen molar-refractivity contribution in [3.63, 3.8) is 0 Å². The quantitative estimate of drug-likeness (QED) is 0.755. The van der Waals surface area contributed by atoms with Crippen molar-refractivity contribution < 1.29 is 28.5 Å². The fourth-order valence-electron chi connectivity index (χ4n) is 4.41. The number of carbonyl (C=O) groups excluding carboxylic acids is 1. The first-order valence-corrected chi connectivity index (χ1v) is 9.21. The Bertz CT molecular complexity index is 972. The van der Waals surface area contributed by atoms with Gasteiger partial charge >= 0.3 is 5.97 Å². The Morgan fingerprint density at radius 2 is 2.00 bits per heavy atom. The van der Waals surface area contributed by atoms with Crippen molar-refractivity contribution in [2.75, 3.05) is 34.6 Å². The Hall–Kier alpha value is -2.93. The van der Waals surface area contributed by atoms with Gasteiger partial charge in [-0.05, 0) is 37.2 Å². The molecule has 0 saturated heterocycles. The molecule has 0 aliphatic carbocycles. The van der Waals surface area contributed by atoms with E-state index in [2.05, 4.69) is 4.90 Å². The minimum absolute atomic E-state index is 0.177. The molecule has 7 heteroatoms. The summed E-state index contributed by atoms with van der Waals surface area (Å²) in [6.45, 7) is 1.01.